The molecule has 0 aromatic carbocycles. The van der Waals surface area contributed by atoms with Gasteiger partial charge in [-0.3, -0.25) is 4.90 Å². The number of hydrogen-bond acceptors (Lipinski definition) is 5. The summed E-state index contributed by atoms with van der Waals surface area (Å²) in [5.41, 5.74) is 1.90. The van der Waals surface area contributed by atoms with Crippen LogP contribution in [0.25, 0.3) is 0 Å². The van der Waals surface area contributed by atoms with E-state index in [1.807, 2.05) is 6.92 Å². The fraction of sp³-hybridized carbons (Fsp3) is 0.833. The summed E-state index contributed by atoms with van der Waals surface area (Å²) in [6.07, 6.45) is 2.55. The summed E-state index contributed by atoms with van der Waals surface area (Å²) in [6.45, 7) is 9.53. The molecule has 1 aromatic rings. The molecule has 5 nitrogen and oxygen atoms in total. The van der Waals surface area contributed by atoms with Crippen molar-refractivity contribution in [3.63, 3.8) is 0 Å². The first kappa shape index (κ1) is 12.5. The summed E-state index contributed by atoms with van der Waals surface area (Å²) in [5.74, 6) is 0.836. The molecule has 17 heavy (non-hydrogen) atoms. The number of piperidine rings is 1. The number of aromatic nitrogens is 2. The Morgan fingerprint density at radius 1 is 1.35 bits per heavy atom. The molecule has 0 unspecified atom stereocenters. The average Bonchev–Trinajstić information content (AvgIpc) is 2.74. The zero-order valence-corrected chi connectivity index (χ0v) is 10.8. The van der Waals surface area contributed by atoms with Crippen LogP contribution in [0, 0.1) is 12.8 Å². The Kier molecular flexibility index (Phi) is 4.50. The lowest BCUT2D eigenvalue weighted by atomic mass is 9.96. The Balaban J connectivity index is 1.74. The number of rotatable bonds is 5. The topological polar surface area (TPSA) is 54.2 Å². The summed E-state index contributed by atoms with van der Waals surface area (Å²) in [4.78, 5) is 2.44. The number of nitrogens with one attached hydrogen (secondary N) is 1. The Morgan fingerprint density at radius 2 is 2.12 bits per heavy atom. The lowest BCUT2D eigenvalue weighted by Crippen LogP contribution is -2.37. The van der Waals surface area contributed by atoms with E-state index < -0.39 is 0 Å². The zero-order valence-electron chi connectivity index (χ0n) is 10.8. The predicted molar refractivity (Wildman–Crippen MR) is 65.6 cm³/mol. The first-order valence-electron chi connectivity index (χ1n) is 6.50. The van der Waals surface area contributed by atoms with Gasteiger partial charge in [-0.2, -0.15) is 0 Å². The van der Waals surface area contributed by atoms with Crippen molar-refractivity contribution in [2.75, 3.05) is 26.2 Å². The zero-order chi connectivity index (χ0) is 12.1. The van der Waals surface area contributed by atoms with Crippen LogP contribution in [0.15, 0.2) is 4.63 Å². The maximum Gasteiger partial charge on any atom is 0.122 e. The molecule has 1 aliphatic rings. The Labute approximate surface area is 103 Å². The summed E-state index contributed by atoms with van der Waals surface area (Å²) >= 11 is 0. The minimum atomic E-state index is 0.836. The van der Waals surface area contributed by atoms with Crippen molar-refractivity contribution < 1.29 is 4.63 Å². The van der Waals surface area contributed by atoms with Crippen molar-refractivity contribution >= 4 is 0 Å². The first-order valence-corrected chi connectivity index (χ1v) is 6.50. The van der Waals surface area contributed by atoms with Crippen molar-refractivity contribution in [1.29, 1.82) is 0 Å². The van der Waals surface area contributed by atoms with Gasteiger partial charge in [0.05, 0.1) is 0 Å². The normalized spacial score (nSPS) is 18.7. The van der Waals surface area contributed by atoms with E-state index in [0.717, 1.165) is 50.0 Å². The van der Waals surface area contributed by atoms with Gasteiger partial charge in [0, 0.05) is 6.54 Å². The van der Waals surface area contributed by atoms with E-state index in [-0.39, 0.29) is 0 Å². The third-order valence-corrected chi connectivity index (χ3v) is 3.51. The van der Waals surface area contributed by atoms with Gasteiger partial charge in [-0.05, 0) is 51.9 Å². The van der Waals surface area contributed by atoms with Crippen molar-refractivity contribution in [3.8, 4) is 0 Å². The van der Waals surface area contributed by atoms with Crippen LogP contribution in [-0.2, 0) is 6.54 Å². The van der Waals surface area contributed by atoms with Crippen LogP contribution in [0.5, 0.6) is 0 Å². The SMILES string of the molecule is CCNCC1CCN(Cc2nonc2C)CC1. The van der Waals surface area contributed by atoms with Gasteiger partial charge in [-0.1, -0.05) is 17.2 Å². The maximum absolute atomic E-state index is 4.72. The molecule has 0 aliphatic carbocycles. The fourth-order valence-electron chi connectivity index (χ4n) is 2.30. The average molecular weight is 238 g/mol. The molecule has 2 rings (SSSR count). The van der Waals surface area contributed by atoms with Gasteiger partial charge >= 0.3 is 0 Å². The summed E-state index contributed by atoms with van der Waals surface area (Å²) in [5, 5.41) is 11.2. The van der Waals surface area contributed by atoms with Gasteiger partial charge in [0.2, 0.25) is 0 Å². The van der Waals surface area contributed by atoms with Crippen LogP contribution in [0.1, 0.15) is 31.2 Å². The van der Waals surface area contributed by atoms with E-state index in [0.29, 0.717) is 0 Å². The summed E-state index contributed by atoms with van der Waals surface area (Å²) in [6, 6.07) is 0. The standard InChI is InChI=1S/C12H22N4O/c1-3-13-8-11-4-6-16(7-5-11)9-12-10(2)14-17-15-12/h11,13H,3-9H2,1-2H3. The van der Waals surface area contributed by atoms with Crippen molar-refractivity contribution in [1.82, 2.24) is 20.5 Å². The van der Waals surface area contributed by atoms with Crippen LogP contribution < -0.4 is 5.32 Å². The second-order valence-electron chi connectivity index (χ2n) is 4.82. The molecule has 1 N–H and O–H groups in total. The van der Waals surface area contributed by atoms with Gasteiger partial charge in [0.25, 0.3) is 0 Å². The minimum Gasteiger partial charge on any atom is -0.317 e. The molecule has 96 valence electrons. The van der Waals surface area contributed by atoms with Crippen molar-refractivity contribution in [2.45, 2.75) is 33.2 Å². The van der Waals surface area contributed by atoms with E-state index in [1.54, 1.807) is 0 Å². The molecule has 0 radical (unpaired) electrons. The number of aryl methyl sites for hydroxylation is 1. The van der Waals surface area contributed by atoms with Gasteiger partial charge in [0.15, 0.2) is 0 Å². The highest BCUT2D eigenvalue weighted by molar-refractivity contribution is 5.04. The van der Waals surface area contributed by atoms with E-state index in [4.69, 9.17) is 4.63 Å². The maximum atomic E-state index is 4.72. The highest BCUT2D eigenvalue weighted by Gasteiger charge is 2.20. The van der Waals surface area contributed by atoms with Crippen LogP contribution in [0.2, 0.25) is 0 Å². The number of hydrogen-bond donors (Lipinski definition) is 1. The second-order valence-corrected chi connectivity index (χ2v) is 4.82. The van der Waals surface area contributed by atoms with Gasteiger partial charge in [-0.15, -0.1) is 0 Å². The number of nitrogens with zero attached hydrogens (tertiary/aromatic N) is 3. The van der Waals surface area contributed by atoms with Crippen molar-refractivity contribution in [3.05, 3.63) is 11.4 Å². The third-order valence-electron chi connectivity index (χ3n) is 3.51. The Hall–Kier alpha value is -0.940. The van der Waals surface area contributed by atoms with Crippen LogP contribution in [0.3, 0.4) is 0 Å². The van der Waals surface area contributed by atoms with E-state index >= 15 is 0 Å². The monoisotopic (exact) mass is 238 g/mol. The van der Waals surface area contributed by atoms with Crippen LogP contribution in [-0.4, -0.2) is 41.4 Å². The lowest BCUT2D eigenvalue weighted by molar-refractivity contribution is 0.171. The minimum absolute atomic E-state index is 0.836. The number of likely N-dealkylation sites (tertiary alicyclic amines) is 1. The molecule has 1 saturated heterocycles. The summed E-state index contributed by atoms with van der Waals surface area (Å²) in [7, 11) is 0. The molecule has 1 aromatic heterocycles. The highest BCUT2D eigenvalue weighted by Crippen LogP contribution is 2.18. The Bertz CT molecular complexity index is 331. The second kappa shape index (κ2) is 6.12. The molecule has 0 spiro atoms. The van der Waals surface area contributed by atoms with Gasteiger partial charge in [-0.25, -0.2) is 4.63 Å². The fourth-order valence-corrected chi connectivity index (χ4v) is 2.30. The molecule has 0 bridgehead atoms. The van der Waals surface area contributed by atoms with Crippen LogP contribution >= 0.6 is 0 Å². The quantitative estimate of drug-likeness (QED) is 0.835. The van der Waals surface area contributed by atoms with Gasteiger partial charge in [0.1, 0.15) is 11.4 Å². The molecule has 1 aliphatic heterocycles. The van der Waals surface area contributed by atoms with E-state index in [9.17, 15) is 0 Å². The molecular weight excluding hydrogens is 216 g/mol. The van der Waals surface area contributed by atoms with Crippen LogP contribution in [0.4, 0.5) is 0 Å². The molecule has 0 amide bonds. The van der Waals surface area contributed by atoms with E-state index in [1.165, 1.54) is 12.8 Å². The predicted octanol–water partition coefficient (Wildman–Crippen LogP) is 1.20. The van der Waals surface area contributed by atoms with Crippen molar-refractivity contribution in [2.24, 2.45) is 5.92 Å². The molecule has 2 heterocycles. The molecule has 5 heteroatoms. The highest BCUT2D eigenvalue weighted by atomic mass is 16.6. The molecular formula is C12H22N4O. The lowest BCUT2D eigenvalue weighted by Gasteiger charge is -2.31. The van der Waals surface area contributed by atoms with E-state index in [2.05, 4.69) is 27.5 Å². The third kappa shape index (κ3) is 3.51. The first-order chi connectivity index (χ1) is 8.29. The molecule has 0 atom stereocenters. The Morgan fingerprint density at radius 3 is 2.71 bits per heavy atom. The molecule has 0 saturated carbocycles. The largest absolute Gasteiger partial charge is 0.317 e. The smallest absolute Gasteiger partial charge is 0.122 e. The van der Waals surface area contributed by atoms with Gasteiger partial charge < -0.3 is 5.32 Å². The summed E-state index contributed by atoms with van der Waals surface area (Å²) < 4.78 is 4.72. The molecule has 1 fully saturated rings.